The van der Waals surface area contributed by atoms with Crippen LogP contribution in [0.1, 0.15) is 38.6 Å². The number of thiocarbonyl (C=S) groups is 1. The van der Waals surface area contributed by atoms with Crippen molar-refractivity contribution in [3.8, 4) is 0 Å². The molecule has 0 fully saturated rings. The zero-order valence-corrected chi connectivity index (χ0v) is 14.4. The Morgan fingerprint density at radius 3 is 2.58 bits per heavy atom. The fraction of sp³-hybridized carbons (Fsp3) is 0.692. The lowest BCUT2D eigenvalue weighted by atomic mass is 10.2. The van der Waals surface area contributed by atoms with E-state index in [0.29, 0.717) is 4.99 Å². The van der Waals surface area contributed by atoms with E-state index in [1.54, 1.807) is 0 Å². The van der Waals surface area contributed by atoms with Crippen LogP contribution in [0.5, 0.6) is 0 Å². The summed E-state index contributed by atoms with van der Waals surface area (Å²) in [6.07, 6.45) is 1.71. The summed E-state index contributed by atoms with van der Waals surface area (Å²) in [6.45, 7) is 10.0. The maximum Gasteiger partial charge on any atom is 0.0767 e. The van der Waals surface area contributed by atoms with E-state index in [0.717, 1.165) is 49.2 Å². The zero-order valence-electron chi connectivity index (χ0n) is 11.9. The van der Waals surface area contributed by atoms with Crippen molar-refractivity contribution >= 4 is 33.1 Å². The van der Waals surface area contributed by atoms with E-state index in [1.165, 1.54) is 5.69 Å². The minimum Gasteiger partial charge on any atom is -0.393 e. The van der Waals surface area contributed by atoms with Crippen LogP contribution in [-0.4, -0.2) is 32.8 Å². The largest absolute Gasteiger partial charge is 0.393 e. The summed E-state index contributed by atoms with van der Waals surface area (Å²) in [5.41, 5.74) is 7.95. The van der Waals surface area contributed by atoms with E-state index in [1.807, 2.05) is 0 Å². The van der Waals surface area contributed by atoms with Gasteiger partial charge in [0.2, 0.25) is 0 Å². The molecule has 0 radical (unpaired) electrons. The molecule has 108 valence electrons. The molecule has 0 aliphatic rings. The lowest BCUT2D eigenvalue weighted by Gasteiger charge is -2.20. The fourth-order valence-corrected chi connectivity index (χ4v) is 2.78. The van der Waals surface area contributed by atoms with Crippen LogP contribution in [-0.2, 0) is 19.5 Å². The second-order valence-electron chi connectivity index (χ2n) is 4.46. The molecule has 0 aliphatic heterocycles. The predicted octanol–water partition coefficient (Wildman–Crippen LogP) is 2.73. The molecule has 0 aromatic carbocycles. The number of nitrogens with zero attached hydrogens (tertiary/aromatic N) is 3. The first-order valence-electron chi connectivity index (χ1n) is 6.78. The summed E-state index contributed by atoms with van der Waals surface area (Å²) in [5.74, 6) is 0. The molecule has 0 aliphatic carbocycles. The van der Waals surface area contributed by atoms with Crippen molar-refractivity contribution in [1.29, 1.82) is 0 Å². The number of aromatic nitrogens is 2. The van der Waals surface area contributed by atoms with E-state index in [9.17, 15) is 0 Å². The van der Waals surface area contributed by atoms with Gasteiger partial charge in [-0.1, -0.05) is 26.1 Å². The van der Waals surface area contributed by atoms with Gasteiger partial charge in [-0.25, -0.2) is 0 Å². The molecule has 0 amide bonds. The third-order valence-electron chi connectivity index (χ3n) is 3.19. The predicted molar refractivity (Wildman–Crippen MR) is 87.3 cm³/mol. The topological polar surface area (TPSA) is 47.1 Å². The number of hydrogen-bond donors (Lipinski definition) is 1. The monoisotopic (exact) mass is 346 g/mol. The van der Waals surface area contributed by atoms with Gasteiger partial charge >= 0.3 is 0 Å². The third kappa shape index (κ3) is 4.54. The van der Waals surface area contributed by atoms with Crippen molar-refractivity contribution in [3.63, 3.8) is 0 Å². The maximum absolute atomic E-state index is 5.58. The van der Waals surface area contributed by atoms with Crippen LogP contribution in [0.2, 0.25) is 0 Å². The Bertz CT molecular complexity index is 431. The number of aryl methyl sites for hydroxylation is 2. The molecule has 1 aromatic heterocycles. The first-order valence-corrected chi connectivity index (χ1v) is 7.98. The second kappa shape index (κ2) is 7.97. The Balaban J connectivity index is 2.83. The van der Waals surface area contributed by atoms with E-state index < -0.39 is 0 Å². The average Bonchev–Trinajstić information content (AvgIpc) is 2.70. The molecule has 0 atom stereocenters. The van der Waals surface area contributed by atoms with Crippen LogP contribution >= 0.6 is 28.1 Å². The van der Waals surface area contributed by atoms with Crippen molar-refractivity contribution < 1.29 is 0 Å². The van der Waals surface area contributed by atoms with Crippen molar-refractivity contribution in [1.82, 2.24) is 14.7 Å². The van der Waals surface area contributed by atoms with Crippen molar-refractivity contribution in [2.45, 2.75) is 46.7 Å². The summed E-state index contributed by atoms with van der Waals surface area (Å²) in [6, 6.07) is 0. The zero-order chi connectivity index (χ0) is 14.4. The average molecular weight is 347 g/mol. The van der Waals surface area contributed by atoms with Gasteiger partial charge in [0.25, 0.3) is 0 Å². The van der Waals surface area contributed by atoms with E-state index in [2.05, 4.69) is 51.4 Å². The molecule has 4 nitrogen and oxygen atoms in total. The van der Waals surface area contributed by atoms with Crippen molar-refractivity contribution in [3.05, 3.63) is 15.9 Å². The van der Waals surface area contributed by atoms with Gasteiger partial charge in [-0.15, -0.1) is 0 Å². The molecule has 0 saturated carbocycles. The van der Waals surface area contributed by atoms with Crippen LogP contribution in [0, 0.1) is 0 Å². The lowest BCUT2D eigenvalue weighted by molar-refractivity contribution is 0.278. The Labute approximate surface area is 129 Å². The highest BCUT2D eigenvalue weighted by atomic mass is 79.9. The first kappa shape index (κ1) is 16.6. The van der Waals surface area contributed by atoms with Crippen LogP contribution in [0.3, 0.4) is 0 Å². The number of nitrogens with two attached hydrogens (primary N) is 1. The molecule has 0 unspecified atom stereocenters. The number of hydrogen-bond acceptors (Lipinski definition) is 3. The fourth-order valence-electron chi connectivity index (χ4n) is 2.00. The molecular weight excluding hydrogens is 324 g/mol. The smallest absolute Gasteiger partial charge is 0.0767 e. The second-order valence-corrected chi connectivity index (χ2v) is 5.78. The summed E-state index contributed by atoms with van der Waals surface area (Å²) >= 11 is 8.63. The van der Waals surface area contributed by atoms with E-state index in [-0.39, 0.29) is 0 Å². The quantitative estimate of drug-likeness (QED) is 0.735. The number of halogens is 1. The van der Waals surface area contributed by atoms with Gasteiger partial charge in [0.15, 0.2) is 0 Å². The van der Waals surface area contributed by atoms with Gasteiger partial charge in [0.05, 0.1) is 20.8 Å². The normalized spacial score (nSPS) is 11.2. The van der Waals surface area contributed by atoms with Crippen LogP contribution < -0.4 is 5.73 Å². The van der Waals surface area contributed by atoms with Gasteiger partial charge in [0.1, 0.15) is 0 Å². The Hall–Kier alpha value is -0.460. The summed E-state index contributed by atoms with van der Waals surface area (Å²) < 4.78 is 3.22. The van der Waals surface area contributed by atoms with Gasteiger partial charge in [-0.05, 0) is 35.8 Å². The molecule has 0 spiro atoms. The molecule has 0 saturated heterocycles. The van der Waals surface area contributed by atoms with E-state index in [4.69, 9.17) is 18.0 Å². The summed E-state index contributed by atoms with van der Waals surface area (Å²) in [7, 11) is 0. The molecule has 6 heteroatoms. The van der Waals surface area contributed by atoms with Crippen molar-refractivity contribution in [2.75, 3.05) is 13.1 Å². The van der Waals surface area contributed by atoms with Crippen LogP contribution in [0.15, 0.2) is 4.47 Å². The molecule has 1 aromatic rings. The van der Waals surface area contributed by atoms with Gasteiger partial charge in [-0.2, -0.15) is 5.10 Å². The highest BCUT2D eigenvalue weighted by molar-refractivity contribution is 9.10. The summed E-state index contributed by atoms with van der Waals surface area (Å²) in [5, 5.41) is 4.62. The third-order valence-corrected chi connectivity index (χ3v) is 4.31. The standard InChI is InChI=1S/C13H23BrN4S/c1-4-10-13(14)11(18(6-3)16-10)9-17(5-2)8-7-12(15)19/h4-9H2,1-3H3,(H2,15,19). The Kier molecular flexibility index (Phi) is 6.96. The molecule has 0 bridgehead atoms. The van der Waals surface area contributed by atoms with Gasteiger partial charge < -0.3 is 5.73 Å². The Morgan fingerprint density at radius 1 is 1.42 bits per heavy atom. The van der Waals surface area contributed by atoms with E-state index >= 15 is 0 Å². The molecular formula is C13H23BrN4S. The maximum atomic E-state index is 5.58. The van der Waals surface area contributed by atoms with Gasteiger partial charge in [0, 0.05) is 26.1 Å². The minimum atomic E-state index is 0.579. The minimum absolute atomic E-state index is 0.579. The highest BCUT2D eigenvalue weighted by Crippen LogP contribution is 2.23. The lowest BCUT2D eigenvalue weighted by Crippen LogP contribution is -2.28. The summed E-state index contributed by atoms with van der Waals surface area (Å²) in [4.78, 5) is 2.92. The molecule has 1 rings (SSSR count). The SMILES string of the molecule is CCc1nn(CC)c(CN(CC)CCC(N)=S)c1Br. The molecule has 19 heavy (non-hydrogen) atoms. The van der Waals surface area contributed by atoms with Crippen molar-refractivity contribution in [2.24, 2.45) is 5.73 Å². The highest BCUT2D eigenvalue weighted by Gasteiger charge is 2.16. The number of rotatable bonds is 8. The Morgan fingerprint density at radius 2 is 2.11 bits per heavy atom. The van der Waals surface area contributed by atoms with Gasteiger partial charge in [-0.3, -0.25) is 9.58 Å². The van der Waals surface area contributed by atoms with Crippen LogP contribution in [0.25, 0.3) is 0 Å². The molecule has 1 heterocycles. The molecule has 2 N–H and O–H groups in total. The first-order chi connectivity index (χ1) is 9.03. The van der Waals surface area contributed by atoms with Crippen LogP contribution in [0.4, 0.5) is 0 Å².